The third-order valence-electron chi connectivity index (χ3n) is 2.69. The Balaban J connectivity index is 3.15. The maximum Gasteiger partial charge on any atom is 0.419 e. The maximum atomic E-state index is 13.1. The van der Waals surface area contributed by atoms with E-state index in [-0.39, 0.29) is 13.2 Å². The summed E-state index contributed by atoms with van der Waals surface area (Å²) in [5.74, 6) is -0.426. The standard InChI is InChI=1S/C12H18F3N3O3S/c1-4-21-6-5-16-11-10(12(13,14)15)7-9(8-17-11)22(19,20)18(2)3/h7-8H,4-6H2,1-3H3,(H,16,17). The van der Waals surface area contributed by atoms with Crippen molar-refractivity contribution in [3.05, 3.63) is 17.8 Å². The summed E-state index contributed by atoms with van der Waals surface area (Å²) in [4.78, 5) is 3.09. The first-order valence-corrected chi connectivity index (χ1v) is 7.86. The zero-order valence-corrected chi connectivity index (χ0v) is 13.3. The number of alkyl halides is 3. The van der Waals surface area contributed by atoms with Crippen molar-refractivity contribution in [3.63, 3.8) is 0 Å². The molecule has 0 radical (unpaired) electrons. The molecule has 1 heterocycles. The summed E-state index contributed by atoms with van der Waals surface area (Å²) in [5, 5.41) is 2.50. The van der Waals surface area contributed by atoms with Crippen LogP contribution in [0.2, 0.25) is 0 Å². The van der Waals surface area contributed by atoms with Crippen molar-refractivity contribution >= 4 is 15.8 Å². The fourth-order valence-electron chi connectivity index (χ4n) is 1.54. The number of nitrogens with one attached hydrogen (secondary N) is 1. The third-order valence-corrected chi connectivity index (χ3v) is 4.47. The Labute approximate surface area is 127 Å². The highest BCUT2D eigenvalue weighted by atomic mass is 32.2. The molecule has 0 aliphatic rings. The minimum Gasteiger partial charge on any atom is -0.380 e. The zero-order chi connectivity index (χ0) is 17.0. The normalized spacial score (nSPS) is 12.7. The van der Waals surface area contributed by atoms with Crippen LogP contribution in [0, 0.1) is 0 Å². The van der Waals surface area contributed by atoms with Crippen LogP contribution in [-0.4, -0.2) is 51.6 Å². The Bertz CT molecular complexity index is 603. The van der Waals surface area contributed by atoms with E-state index in [2.05, 4.69) is 10.3 Å². The number of anilines is 1. The third kappa shape index (κ3) is 4.55. The van der Waals surface area contributed by atoms with Crippen LogP contribution in [0.4, 0.5) is 19.0 Å². The van der Waals surface area contributed by atoms with Crippen molar-refractivity contribution < 1.29 is 26.3 Å². The van der Waals surface area contributed by atoms with Crippen LogP contribution in [0.3, 0.4) is 0 Å². The molecule has 0 bridgehead atoms. The molecule has 0 saturated carbocycles. The van der Waals surface area contributed by atoms with Gasteiger partial charge in [0.25, 0.3) is 0 Å². The molecule has 1 rings (SSSR count). The number of nitrogens with zero attached hydrogens (tertiary/aromatic N) is 2. The molecule has 0 aliphatic heterocycles. The molecule has 0 fully saturated rings. The van der Waals surface area contributed by atoms with Crippen LogP contribution in [-0.2, 0) is 20.9 Å². The molecule has 22 heavy (non-hydrogen) atoms. The van der Waals surface area contributed by atoms with Gasteiger partial charge in [-0.3, -0.25) is 0 Å². The smallest absolute Gasteiger partial charge is 0.380 e. The number of sulfonamides is 1. The van der Waals surface area contributed by atoms with Crippen molar-refractivity contribution in [2.24, 2.45) is 0 Å². The van der Waals surface area contributed by atoms with Crippen LogP contribution in [0.1, 0.15) is 12.5 Å². The van der Waals surface area contributed by atoms with Gasteiger partial charge in [0, 0.05) is 33.4 Å². The minimum atomic E-state index is -4.72. The fourth-order valence-corrected chi connectivity index (χ4v) is 2.41. The molecule has 6 nitrogen and oxygen atoms in total. The van der Waals surface area contributed by atoms with E-state index in [1.165, 1.54) is 14.1 Å². The van der Waals surface area contributed by atoms with Crippen LogP contribution in [0.15, 0.2) is 17.2 Å². The molecule has 1 aromatic heterocycles. The van der Waals surface area contributed by atoms with Crippen molar-refractivity contribution in [2.45, 2.75) is 18.0 Å². The highest BCUT2D eigenvalue weighted by Crippen LogP contribution is 2.35. The van der Waals surface area contributed by atoms with E-state index in [4.69, 9.17) is 4.74 Å². The van der Waals surface area contributed by atoms with Gasteiger partial charge < -0.3 is 10.1 Å². The van der Waals surface area contributed by atoms with Gasteiger partial charge in [-0.05, 0) is 13.0 Å². The second-order valence-corrected chi connectivity index (χ2v) is 6.63. The van der Waals surface area contributed by atoms with Crippen LogP contribution >= 0.6 is 0 Å². The summed E-state index contributed by atoms with van der Waals surface area (Å²) in [7, 11) is -1.52. The molecule has 0 aromatic carbocycles. The molecule has 0 spiro atoms. The van der Waals surface area contributed by atoms with E-state index in [0.29, 0.717) is 12.7 Å². The fraction of sp³-hybridized carbons (Fsp3) is 0.583. The molecule has 1 aromatic rings. The summed E-state index contributed by atoms with van der Waals surface area (Å²) in [6.07, 6.45) is -3.83. The van der Waals surface area contributed by atoms with Gasteiger partial charge in [-0.15, -0.1) is 0 Å². The lowest BCUT2D eigenvalue weighted by Gasteiger charge is -2.16. The van der Waals surface area contributed by atoms with Gasteiger partial charge in [0.15, 0.2) is 0 Å². The predicted octanol–water partition coefficient (Wildman–Crippen LogP) is 1.80. The quantitative estimate of drug-likeness (QED) is 0.766. The lowest BCUT2D eigenvalue weighted by atomic mass is 10.2. The van der Waals surface area contributed by atoms with Crippen molar-refractivity contribution in [2.75, 3.05) is 39.2 Å². The largest absolute Gasteiger partial charge is 0.419 e. The summed E-state index contributed by atoms with van der Waals surface area (Å²) in [5.41, 5.74) is -1.13. The Morgan fingerprint density at radius 1 is 1.36 bits per heavy atom. The van der Waals surface area contributed by atoms with E-state index in [9.17, 15) is 21.6 Å². The molecule has 0 aliphatic carbocycles. The average Bonchev–Trinajstić information content (AvgIpc) is 2.42. The minimum absolute atomic E-state index is 0.129. The van der Waals surface area contributed by atoms with Gasteiger partial charge in [0.1, 0.15) is 10.7 Å². The SMILES string of the molecule is CCOCCNc1ncc(S(=O)(=O)N(C)C)cc1C(F)(F)F. The number of aromatic nitrogens is 1. The first kappa shape index (κ1) is 18.7. The molecular weight excluding hydrogens is 323 g/mol. The number of pyridine rings is 1. The van der Waals surface area contributed by atoms with E-state index in [1.807, 2.05) is 0 Å². The topological polar surface area (TPSA) is 71.5 Å². The van der Waals surface area contributed by atoms with Gasteiger partial charge in [0.2, 0.25) is 10.0 Å². The van der Waals surface area contributed by atoms with Gasteiger partial charge in [-0.2, -0.15) is 13.2 Å². The van der Waals surface area contributed by atoms with Crippen molar-refractivity contribution in [1.29, 1.82) is 0 Å². The van der Waals surface area contributed by atoms with Crippen molar-refractivity contribution in [1.82, 2.24) is 9.29 Å². The number of hydrogen-bond donors (Lipinski definition) is 1. The molecule has 1 N–H and O–H groups in total. The van der Waals surface area contributed by atoms with Gasteiger partial charge >= 0.3 is 6.18 Å². The second-order valence-electron chi connectivity index (χ2n) is 4.48. The van der Waals surface area contributed by atoms with Crippen LogP contribution < -0.4 is 5.32 Å². The average molecular weight is 341 g/mol. The summed E-state index contributed by atoms with van der Waals surface area (Å²) in [6, 6.07) is 0.575. The predicted molar refractivity (Wildman–Crippen MR) is 75.1 cm³/mol. The van der Waals surface area contributed by atoms with Gasteiger partial charge in [-0.25, -0.2) is 17.7 Å². The molecule has 0 atom stereocenters. The number of hydrogen-bond acceptors (Lipinski definition) is 5. The number of ether oxygens (including phenoxy) is 1. The number of halogens is 3. The second kappa shape index (κ2) is 7.25. The van der Waals surface area contributed by atoms with E-state index < -0.39 is 32.5 Å². The van der Waals surface area contributed by atoms with Gasteiger partial charge in [-0.1, -0.05) is 0 Å². The van der Waals surface area contributed by atoms with Crippen LogP contribution in [0.5, 0.6) is 0 Å². The maximum absolute atomic E-state index is 13.1. The zero-order valence-electron chi connectivity index (χ0n) is 12.4. The number of rotatable bonds is 7. The Hall–Kier alpha value is -1.39. The summed E-state index contributed by atoms with van der Waals surface area (Å²) in [6.45, 7) is 2.55. The molecule has 0 saturated heterocycles. The van der Waals surface area contributed by atoms with E-state index >= 15 is 0 Å². The Morgan fingerprint density at radius 2 is 2.00 bits per heavy atom. The molecule has 0 unspecified atom stereocenters. The lowest BCUT2D eigenvalue weighted by molar-refractivity contribution is -0.137. The monoisotopic (exact) mass is 341 g/mol. The highest BCUT2D eigenvalue weighted by Gasteiger charge is 2.36. The van der Waals surface area contributed by atoms with Gasteiger partial charge in [0.05, 0.1) is 12.2 Å². The molecule has 10 heteroatoms. The van der Waals surface area contributed by atoms with E-state index in [0.717, 1.165) is 10.5 Å². The molecular formula is C12H18F3N3O3S. The van der Waals surface area contributed by atoms with E-state index in [1.54, 1.807) is 6.92 Å². The lowest BCUT2D eigenvalue weighted by Crippen LogP contribution is -2.24. The highest BCUT2D eigenvalue weighted by molar-refractivity contribution is 7.89. The first-order valence-electron chi connectivity index (χ1n) is 6.42. The Kier molecular flexibility index (Phi) is 6.15. The summed E-state index contributed by atoms with van der Waals surface area (Å²) < 4.78 is 68.9. The van der Waals surface area contributed by atoms with Crippen molar-refractivity contribution in [3.8, 4) is 0 Å². The first-order chi connectivity index (χ1) is 10.1. The molecule has 0 amide bonds. The molecule has 126 valence electrons. The van der Waals surface area contributed by atoms with Crippen LogP contribution in [0.25, 0.3) is 0 Å². The summed E-state index contributed by atoms with van der Waals surface area (Å²) >= 11 is 0. The Morgan fingerprint density at radius 3 is 2.50 bits per heavy atom.